The van der Waals surface area contributed by atoms with Gasteiger partial charge in [0.2, 0.25) is 0 Å². The Balaban J connectivity index is 2.55. The van der Waals surface area contributed by atoms with Crippen molar-refractivity contribution in [3.63, 3.8) is 0 Å². The number of nitrogens with zero attached hydrogens (tertiary/aromatic N) is 2. The molecule has 0 fully saturated rings. The van der Waals surface area contributed by atoms with Crippen LogP contribution in [0.15, 0.2) is 6.33 Å². The van der Waals surface area contributed by atoms with Gasteiger partial charge in [0, 0.05) is 7.05 Å². The average molecular weight is 153 g/mol. The molecule has 0 saturated heterocycles. The van der Waals surface area contributed by atoms with Crippen LogP contribution in [0.3, 0.4) is 0 Å². The van der Waals surface area contributed by atoms with Crippen LogP contribution in [-0.4, -0.2) is 15.5 Å². The van der Waals surface area contributed by atoms with Gasteiger partial charge in [-0.05, 0) is 0 Å². The Hall–Kier alpha value is -1.56. The normalized spacial score (nSPS) is 15.2. The maximum absolute atomic E-state index is 11.0. The first kappa shape index (κ1) is 6.17. The zero-order valence-corrected chi connectivity index (χ0v) is 5.88. The molecule has 6 heteroatoms. The highest BCUT2D eigenvalue weighted by Gasteiger charge is 2.19. The molecule has 0 atom stereocenters. The molecule has 6 nitrogen and oxygen atoms in total. The summed E-state index contributed by atoms with van der Waals surface area (Å²) in [6.07, 6.45) is 1.57. The number of aromatic nitrogens is 2. The summed E-state index contributed by atoms with van der Waals surface area (Å²) in [7, 11) is 1.80. The molecular formula is C5H7N5O. The van der Waals surface area contributed by atoms with Crippen molar-refractivity contribution >= 4 is 11.7 Å². The third kappa shape index (κ3) is 0.761. The van der Waals surface area contributed by atoms with Crippen LogP contribution < -0.4 is 16.4 Å². The van der Waals surface area contributed by atoms with E-state index in [1.54, 1.807) is 17.9 Å². The fourth-order valence-corrected chi connectivity index (χ4v) is 0.950. The molecule has 1 aromatic rings. The van der Waals surface area contributed by atoms with Crippen molar-refractivity contribution in [1.82, 2.24) is 20.5 Å². The zero-order chi connectivity index (χ0) is 7.84. The lowest BCUT2D eigenvalue weighted by molar-refractivity contribution is 0.0926. The molecule has 0 aromatic carbocycles. The van der Waals surface area contributed by atoms with Crippen LogP contribution in [0, 0.1) is 0 Å². The van der Waals surface area contributed by atoms with Gasteiger partial charge in [-0.3, -0.25) is 15.6 Å². The second-order valence-electron chi connectivity index (χ2n) is 2.26. The Bertz CT molecular complexity index is 304. The number of amides is 1. The van der Waals surface area contributed by atoms with Gasteiger partial charge in [-0.2, -0.15) is 0 Å². The fourth-order valence-electron chi connectivity index (χ4n) is 0.950. The summed E-state index contributed by atoms with van der Waals surface area (Å²) in [5.41, 5.74) is 8.05. The van der Waals surface area contributed by atoms with Crippen LogP contribution in [0.5, 0.6) is 0 Å². The molecule has 11 heavy (non-hydrogen) atoms. The number of imidazole rings is 1. The van der Waals surface area contributed by atoms with Crippen molar-refractivity contribution < 1.29 is 4.79 Å². The van der Waals surface area contributed by atoms with Gasteiger partial charge >= 0.3 is 0 Å². The van der Waals surface area contributed by atoms with Gasteiger partial charge in [-0.25, -0.2) is 4.98 Å². The van der Waals surface area contributed by atoms with Crippen LogP contribution >= 0.6 is 0 Å². The molecule has 1 aliphatic rings. The van der Waals surface area contributed by atoms with Crippen LogP contribution in [0.2, 0.25) is 0 Å². The molecule has 0 saturated carbocycles. The first-order chi connectivity index (χ1) is 5.29. The van der Waals surface area contributed by atoms with Crippen molar-refractivity contribution in [3.8, 4) is 0 Å². The molecule has 3 N–H and O–H groups in total. The quantitative estimate of drug-likeness (QED) is 0.447. The summed E-state index contributed by atoms with van der Waals surface area (Å²) < 4.78 is 1.72. The Kier molecular flexibility index (Phi) is 1.10. The summed E-state index contributed by atoms with van der Waals surface area (Å²) in [6.45, 7) is 0. The van der Waals surface area contributed by atoms with E-state index in [1.807, 2.05) is 0 Å². The predicted molar refractivity (Wildman–Crippen MR) is 37.4 cm³/mol. The van der Waals surface area contributed by atoms with Crippen LogP contribution in [0.4, 0.5) is 5.82 Å². The monoisotopic (exact) mass is 153 g/mol. The molecule has 2 rings (SSSR count). The Labute approximate surface area is 62.5 Å². The van der Waals surface area contributed by atoms with Crippen molar-refractivity contribution in [2.45, 2.75) is 0 Å². The number of hydrogen-bond acceptors (Lipinski definition) is 4. The van der Waals surface area contributed by atoms with Crippen LogP contribution in [0.25, 0.3) is 0 Å². The number of carbonyl (C=O) groups is 1. The molecule has 1 aliphatic heterocycles. The minimum atomic E-state index is -0.223. The van der Waals surface area contributed by atoms with E-state index in [9.17, 15) is 4.79 Å². The Morgan fingerprint density at radius 2 is 2.36 bits per heavy atom. The van der Waals surface area contributed by atoms with Gasteiger partial charge in [0.1, 0.15) is 0 Å². The molecule has 1 aromatic heterocycles. The summed E-state index contributed by atoms with van der Waals surface area (Å²) in [4.78, 5) is 14.9. The summed E-state index contributed by atoms with van der Waals surface area (Å²) in [6, 6.07) is 0. The molecule has 0 bridgehead atoms. The van der Waals surface area contributed by atoms with Crippen LogP contribution in [0.1, 0.15) is 10.5 Å². The Morgan fingerprint density at radius 1 is 1.55 bits per heavy atom. The number of hydrazine groups is 2. The molecule has 0 aliphatic carbocycles. The number of nitrogens with one attached hydrogen (secondary N) is 3. The lowest BCUT2D eigenvalue weighted by Crippen LogP contribution is -2.46. The molecule has 1 amide bonds. The van der Waals surface area contributed by atoms with Crippen LogP contribution in [-0.2, 0) is 7.05 Å². The van der Waals surface area contributed by atoms with E-state index in [1.165, 1.54) is 0 Å². The van der Waals surface area contributed by atoms with Gasteiger partial charge in [0.25, 0.3) is 5.91 Å². The zero-order valence-electron chi connectivity index (χ0n) is 5.88. The highest BCUT2D eigenvalue weighted by atomic mass is 16.2. The van der Waals surface area contributed by atoms with Gasteiger partial charge in [0.05, 0.1) is 6.33 Å². The maximum Gasteiger partial charge on any atom is 0.289 e. The van der Waals surface area contributed by atoms with Gasteiger partial charge in [-0.1, -0.05) is 0 Å². The molecule has 0 unspecified atom stereocenters. The predicted octanol–water partition coefficient (Wildman–Crippen LogP) is -1.01. The SMILES string of the molecule is Cn1cnc2c1NNNC2=O. The molecule has 0 radical (unpaired) electrons. The highest BCUT2D eigenvalue weighted by molar-refractivity contribution is 5.97. The number of aryl methyl sites for hydroxylation is 1. The van der Waals surface area contributed by atoms with Crippen molar-refractivity contribution in [2.24, 2.45) is 7.05 Å². The van der Waals surface area contributed by atoms with E-state index in [2.05, 4.69) is 21.4 Å². The summed E-state index contributed by atoms with van der Waals surface area (Å²) in [5.74, 6) is 0.452. The molecule has 2 heterocycles. The van der Waals surface area contributed by atoms with E-state index >= 15 is 0 Å². The van der Waals surface area contributed by atoms with E-state index in [4.69, 9.17) is 0 Å². The minimum absolute atomic E-state index is 0.223. The standard InChI is InChI=1S/C5H7N5O/c1-10-2-6-3-4(10)7-9-8-5(3)11/h2,7,9H,1H3,(H,8,11). The fraction of sp³-hybridized carbons (Fsp3) is 0.200. The number of rotatable bonds is 0. The second kappa shape index (κ2) is 1.96. The topological polar surface area (TPSA) is 71.0 Å². The third-order valence-corrected chi connectivity index (χ3v) is 1.51. The number of carbonyl (C=O) groups excluding carboxylic acids is 1. The number of fused-ring (bicyclic) bond motifs is 1. The van der Waals surface area contributed by atoms with E-state index in [-0.39, 0.29) is 5.91 Å². The first-order valence-electron chi connectivity index (χ1n) is 3.11. The highest BCUT2D eigenvalue weighted by Crippen LogP contribution is 2.12. The number of anilines is 1. The molecule has 58 valence electrons. The first-order valence-corrected chi connectivity index (χ1v) is 3.11. The minimum Gasteiger partial charge on any atom is -0.319 e. The largest absolute Gasteiger partial charge is 0.319 e. The van der Waals surface area contributed by atoms with Crippen molar-refractivity contribution in [3.05, 3.63) is 12.0 Å². The summed E-state index contributed by atoms with van der Waals surface area (Å²) in [5, 5.41) is 0. The Morgan fingerprint density at radius 3 is 3.09 bits per heavy atom. The number of hydrogen-bond donors (Lipinski definition) is 3. The summed E-state index contributed by atoms with van der Waals surface area (Å²) >= 11 is 0. The maximum atomic E-state index is 11.0. The molecular weight excluding hydrogens is 146 g/mol. The smallest absolute Gasteiger partial charge is 0.289 e. The van der Waals surface area contributed by atoms with E-state index in [0.717, 1.165) is 0 Å². The van der Waals surface area contributed by atoms with Gasteiger partial charge in [-0.15, -0.1) is 5.53 Å². The van der Waals surface area contributed by atoms with Crippen molar-refractivity contribution in [1.29, 1.82) is 0 Å². The van der Waals surface area contributed by atoms with E-state index in [0.29, 0.717) is 11.5 Å². The lowest BCUT2D eigenvalue weighted by atomic mass is 10.4. The third-order valence-electron chi connectivity index (χ3n) is 1.51. The van der Waals surface area contributed by atoms with Gasteiger partial charge in [0.15, 0.2) is 11.5 Å². The van der Waals surface area contributed by atoms with E-state index < -0.39 is 0 Å². The second-order valence-corrected chi connectivity index (χ2v) is 2.26. The van der Waals surface area contributed by atoms with Crippen molar-refractivity contribution in [2.75, 3.05) is 5.43 Å². The van der Waals surface area contributed by atoms with Gasteiger partial charge < -0.3 is 4.57 Å². The molecule has 0 spiro atoms. The lowest BCUT2D eigenvalue weighted by Gasteiger charge is -2.15. The average Bonchev–Trinajstić information content (AvgIpc) is 2.35.